The molecule has 0 atom stereocenters. The second kappa shape index (κ2) is 12.0. The lowest BCUT2D eigenvalue weighted by Gasteiger charge is -2.22. The first kappa shape index (κ1) is 28.4. The molecule has 2 aliphatic rings. The number of Topliss-reactive ketones (excluding diaryl/α,β-unsaturated/α-hetero) is 1. The molecule has 9 nitrogen and oxygen atoms in total. The van der Waals surface area contributed by atoms with E-state index in [1.165, 1.54) is 6.92 Å². The number of aromatic amines is 1. The summed E-state index contributed by atoms with van der Waals surface area (Å²) in [4.78, 5) is 44.9. The van der Waals surface area contributed by atoms with Crippen molar-refractivity contribution in [1.82, 2.24) is 4.98 Å². The van der Waals surface area contributed by atoms with Crippen molar-refractivity contribution in [3.63, 3.8) is 0 Å². The van der Waals surface area contributed by atoms with Crippen LogP contribution in [0.15, 0.2) is 70.6 Å². The van der Waals surface area contributed by atoms with Gasteiger partial charge in [-0.25, -0.2) is 14.6 Å². The Hall–Kier alpha value is -4.66. The average molecular weight is 545 g/mol. The van der Waals surface area contributed by atoms with E-state index in [9.17, 15) is 19.5 Å². The largest absolute Gasteiger partial charge is 0.506 e. The van der Waals surface area contributed by atoms with Crippen LogP contribution in [-0.2, 0) is 19.1 Å². The molecule has 2 N–H and O–H groups in total. The summed E-state index contributed by atoms with van der Waals surface area (Å²) in [7, 11) is 0. The van der Waals surface area contributed by atoms with E-state index in [2.05, 4.69) is 23.5 Å². The van der Waals surface area contributed by atoms with Crippen molar-refractivity contribution >= 4 is 29.0 Å². The van der Waals surface area contributed by atoms with Crippen molar-refractivity contribution in [2.75, 3.05) is 19.8 Å². The Morgan fingerprint density at radius 3 is 2.38 bits per heavy atom. The summed E-state index contributed by atoms with van der Waals surface area (Å²) >= 11 is 0. The zero-order valence-electron chi connectivity index (χ0n) is 23.1. The van der Waals surface area contributed by atoms with Gasteiger partial charge in [-0.3, -0.25) is 4.79 Å². The van der Waals surface area contributed by atoms with E-state index in [0.717, 1.165) is 24.2 Å². The van der Waals surface area contributed by atoms with E-state index in [4.69, 9.17) is 14.2 Å². The van der Waals surface area contributed by atoms with Crippen LogP contribution in [0.3, 0.4) is 0 Å². The fourth-order valence-electron chi connectivity index (χ4n) is 4.36. The van der Waals surface area contributed by atoms with Gasteiger partial charge in [-0.1, -0.05) is 19.9 Å². The highest BCUT2D eigenvalue weighted by Gasteiger charge is 2.40. The monoisotopic (exact) mass is 544 g/mol. The number of nitrogens with one attached hydrogen (secondary N) is 1. The lowest BCUT2D eigenvalue weighted by Crippen LogP contribution is -2.23. The molecule has 1 aliphatic carbocycles. The van der Waals surface area contributed by atoms with Crippen LogP contribution in [0.4, 0.5) is 0 Å². The van der Waals surface area contributed by atoms with Crippen LogP contribution >= 0.6 is 0 Å². The summed E-state index contributed by atoms with van der Waals surface area (Å²) in [5.41, 5.74) is 3.89. The topological polar surface area (TPSA) is 127 Å². The minimum Gasteiger partial charge on any atom is -0.506 e. The summed E-state index contributed by atoms with van der Waals surface area (Å²) in [6, 6.07) is 7.56. The summed E-state index contributed by atoms with van der Waals surface area (Å²) in [5, 5.41) is 10.9. The highest BCUT2D eigenvalue weighted by Crippen LogP contribution is 2.41. The van der Waals surface area contributed by atoms with Gasteiger partial charge in [-0.15, -0.1) is 0 Å². The van der Waals surface area contributed by atoms with Crippen LogP contribution < -0.4 is 4.74 Å². The van der Waals surface area contributed by atoms with Crippen LogP contribution in [0.2, 0.25) is 0 Å². The average Bonchev–Trinajstić information content (AvgIpc) is 3.51. The van der Waals surface area contributed by atoms with Gasteiger partial charge >= 0.3 is 11.9 Å². The second-order valence-electron chi connectivity index (χ2n) is 9.55. The Balaban J connectivity index is 1.49. The second-order valence-corrected chi connectivity index (χ2v) is 9.55. The fraction of sp³-hybridized carbons (Fsp3) is 0.290. The minimum atomic E-state index is -0.635. The first-order chi connectivity index (χ1) is 19.1. The van der Waals surface area contributed by atoms with Crippen LogP contribution in [0.5, 0.6) is 5.75 Å². The number of nitrogens with zero attached hydrogens (tertiary/aromatic N) is 1. The van der Waals surface area contributed by atoms with Gasteiger partial charge < -0.3 is 24.3 Å². The molecule has 4 rings (SSSR count). The number of aromatic nitrogens is 1. The lowest BCUT2D eigenvalue weighted by molar-refractivity contribution is -0.140. The molecule has 2 heterocycles. The summed E-state index contributed by atoms with van der Waals surface area (Å²) in [5.74, 6) is -0.988. The van der Waals surface area contributed by atoms with E-state index in [-0.39, 0.29) is 47.0 Å². The summed E-state index contributed by atoms with van der Waals surface area (Å²) < 4.78 is 15.9. The number of aryl methyl sites for hydroxylation is 1. The van der Waals surface area contributed by atoms with Crippen LogP contribution in [0.25, 0.3) is 5.57 Å². The van der Waals surface area contributed by atoms with Crippen molar-refractivity contribution < 1.29 is 33.7 Å². The normalized spacial score (nSPS) is 16.1. The number of carbonyl (C=O) groups excluding carboxylic acids is 3. The molecule has 0 amide bonds. The van der Waals surface area contributed by atoms with Crippen LogP contribution in [0.1, 0.15) is 59.6 Å². The quantitative estimate of drug-likeness (QED) is 0.225. The number of aliphatic hydroxyl groups excluding tert-OH is 1. The molecule has 1 aromatic heterocycles. The lowest BCUT2D eigenvalue weighted by atomic mass is 9.83. The number of allylic oxidation sites excluding steroid dienone is 4. The van der Waals surface area contributed by atoms with E-state index in [1.807, 2.05) is 24.3 Å². The van der Waals surface area contributed by atoms with Gasteiger partial charge in [0.25, 0.3) is 0 Å². The Bertz CT molecular complexity index is 1500. The molecule has 0 saturated carbocycles. The van der Waals surface area contributed by atoms with Crippen LogP contribution in [-0.4, -0.2) is 53.3 Å². The number of H-pyrrole nitrogens is 1. The Labute approximate surface area is 232 Å². The van der Waals surface area contributed by atoms with Gasteiger partial charge in [0.2, 0.25) is 5.78 Å². The number of benzene rings is 1. The first-order valence-corrected chi connectivity index (χ1v) is 13.1. The van der Waals surface area contributed by atoms with Gasteiger partial charge in [-0.05, 0) is 69.2 Å². The fourth-order valence-corrected chi connectivity index (χ4v) is 4.36. The maximum atomic E-state index is 13.2. The van der Waals surface area contributed by atoms with E-state index >= 15 is 0 Å². The van der Waals surface area contributed by atoms with Crippen molar-refractivity contribution in [3.05, 3.63) is 93.7 Å². The third-order valence-electron chi connectivity index (χ3n) is 6.53. The molecule has 40 heavy (non-hydrogen) atoms. The molecule has 208 valence electrons. The number of rotatable bonds is 11. The van der Waals surface area contributed by atoms with Gasteiger partial charge in [0.15, 0.2) is 0 Å². The van der Waals surface area contributed by atoms with Gasteiger partial charge in [0.05, 0.1) is 40.4 Å². The van der Waals surface area contributed by atoms with Gasteiger partial charge in [0.1, 0.15) is 24.7 Å². The molecule has 2 aromatic rings. The number of hydrogen-bond acceptors (Lipinski definition) is 8. The zero-order valence-corrected chi connectivity index (χ0v) is 23.1. The molecule has 0 unspecified atom stereocenters. The minimum absolute atomic E-state index is 0.0863. The Kier molecular flexibility index (Phi) is 8.52. The molecule has 9 heteroatoms. The van der Waals surface area contributed by atoms with E-state index in [1.54, 1.807) is 26.0 Å². The summed E-state index contributed by atoms with van der Waals surface area (Å²) in [6.07, 6.45) is 5.53. The molecule has 1 aromatic carbocycles. The number of carbonyl (C=O) groups is 3. The Morgan fingerprint density at radius 2 is 1.73 bits per heavy atom. The molecule has 0 spiro atoms. The maximum absolute atomic E-state index is 13.2. The van der Waals surface area contributed by atoms with Crippen molar-refractivity contribution in [2.24, 2.45) is 4.99 Å². The molecular weight excluding hydrogens is 512 g/mol. The highest BCUT2D eigenvalue weighted by molar-refractivity contribution is 6.39. The number of ketones is 1. The van der Waals surface area contributed by atoms with Gasteiger partial charge in [0, 0.05) is 16.8 Å². The van der Waals surface area contributed by atoms with Gasteiger partial charge in [-0.2, -0.15) is 0 Å². The number of unbranched alkanes of at least 4 members (excludes halogenated alkanes) is 1. The van der Waals surface area contributed by atoms with E-state index in [0.29, 0.717) is 35.0 Å². The Morgan fingerprint density at radius 1 is 1.02 bits per heavy atom. The van der Waals surface area contributed by atoms with Crippen LogP contribution in [0, 0.1) is 13.8 Å². The standard InChI is InChI=1S/C31H32N2O7/c1-6-7-14-38-21-10-8-20(9-11-21)22-12-13-23(33-22)25-28(34)26(29(25)35)27-18(4)24(19(5)32-27)31(37)40-16-15-39-30(36)17(2)3/h8-13,32,34H,2,6-7,14-16H2,1,3-5H3/b25-23-. The first-order valence-electron chi connectivity index (χ1n) is 13.1. The molecule has 1 aliphatic heterocycles. The van der Waals surface area contributed by atoms with Crippen molar-refractivity contribution in [3.8, 4) is 5.75 Å². The number of aliphatic hydroxyl groups is 1. The number of ether oxygens (including phenoxy) is 3. The number of aliphatic imine (C=N–C) groups is 1. The molecule has 0 bridgehead atoms. The molecule has 0 fully saturated rings. The predicted octanol–water partition coefficient (Wildman–Crippen LogP) is 5.25. The van der Waals surface area contributed by atoms with Crippen molar-refractivity contribution in [2.45, 2.75) is 40.5 Å². The number of esters is 2. The summed E-state index contributed by atoms with van der Waals surface area (Å²) in [6.45, 7) is 10.9. The maximum Gasteiger partial charge on any atom is 0.340 e. The third-order valence-corrected chi connectivity index (χ3v) is 6.53. The molecule has 0 saturated heterocycles. The highest BCUT2D eigenvalue weighted by atomic mass is 16.6. The number of hydrogen-bond donors (Lipinski definition) is 2. The molecular formula is C31H32N2O7. The third kappa shape index (κ3) is 5.68. The SMILES string of the molecule is C=C(C)C(=O)OCCOC(=O)c1c(C)[nH]c(C2=C(O)/C(=C3\C=CC(c4ccc(OCCCC)cc4)=N3)C2=O)c1C. The smallest absolute Gasteiger partial charge is 0.340 e. The predicted molar refractivity (Wildman–Crippen MR) is 150 cm³/mol. The van der Waals surface area contributed by atoms with E-state index < -0.39 is 11.9 Å². The molecule has 0 radical (unpaired) electrons. The van der Waals surface area contributed by atoms with Crippen molar-refractivity contribution in [1.29, 1.82) is 0 Å². The zero-order chi connectivity index (χ0) is 29.0.